The topological polar surface area (TPSA) is 79.7 Å². The van der Waals surface area contributed by atoms with Gasteiger partial charge in [-0.3, -0.25) is 5.32 Å². The van der Waals surface area contributed by atoms with Gasteiger partial charge in [-0.1, -0.05) is 12.2 Å². The second-order valence-electron chi connectivity index (χ2n) is 6.65. The zero-order valence-corrected chi connectivity index (χ0v) is 15.3. The number of hydrogen-bond acceptors (Lipinski definition) is 4. The molecule has 1 aromatic heterocycles. The lowest BCUT2D eigenvalue weighted by Crippen LogP contribution is -2.51. The SMILES string of the molecule is CCOC(=O)N1CCN(C(=O)Nc2ccnn2C[C@H]2CC=CCC2)CC1. The van der Waals surface area contributed by atoms with Crippen molar-refractivity contribution in [3.63, 3.8) is 0 Å². The summed E-state index contributed by atoms with van der Waals surface area (Å²) >= 11 is 0. The van der Waals surface area contributed by atoms with E-state index in [0.29, 0.717) is 38.7 Å². The lowest BCUT2D eigenvalue weighted by Gasteiger charge is -2.34. The molecule has 1 fully saturated rings. The van der Waals surface area contributed by atoms with Gasteiger partial charge < -0.3 is 14.5 Å². The third-order valence-corrected chi connectivity index (χ3v) is 4.85. The van der Waals surface area contributed by atoms with Crippen molar-refractivity contribution in [3.8, 4) is 0 Å². The van der Waals surface area contributed by atoms with Crippen LogP contribution in [0, 0.1) is 5.92 Å². The Morgan fingerprint density at radius 3 is 2.69 bits per heavy atom. The number of aromatic nitrogens is 2. The van der Waals surface area contributed by atoms with Crippen molar-refractivity contribution in [2.24, 2.45) is 5.92 Å². The summed E-state index contributed by atoms with van der Waals surface area (Å²) in [5.41, 5.74) is 0. The molecule has 0 unspecified atom stereocenters. The highest BCUT2D eigenvalue weighted by atomic mass is 16.6. The van der Waals surface area contributed by atoms with E-state index in [4.69, 9.17) is 4.74 Å². The third kappa shape index (κ3) is 4.56. The number of allylic oxidation sites excluding steroid dienone is 2. The van der Waals surface area contributed by atoms with Gasteiger partial charge >= 0.3 is 12.1 Å². The number of carbonyl (C=O) groups is 2. The molecule has 3 amide bonds. The molecule has 1 atom stereocenters. The fourth-order valence-corrected chi connectivity index (χ4v) is 3.35. The lowest BCUT2D eigenvalue weighted by atomic mass is 9.94. The monoisotopic (exact) mass is 361 g/mol. The van der Waals surface area contributed by atoms with Gasteiger partial charge in [0.05, 0.1) is 12.8 Å². The van der Waals surface area contributed by atoms with Gasteiger partial charge in [-0.05, 0) is 32.1 Å². The molecule has 1 N–H and O–H groups in total. The molecule has 0 bridgehead atoms. The normalized spacial score (nSPS) is 20.1. The minimum Gasteiger partial charge on any atom is -0.450 e. The first kappa shape index (κ1) is 18.3. The first-order valence-corrected chi connectivity index (χ1v) is 9.31. The summed E-state index contributed by atoms with van der Waals surface area (Å²) in [4.78, 5) is 27.6. The Morgan fingerprint density at radius 2 is 2.00 bits per heavy atom. The molecule has 0 aromatic carbocycles. The lowest BCUT2D eigenvalue weighted by molar-refractivity contribution is 0.0868. The number of carbonyl (C=O) groups excluding carboxylic acids is 2. The summed E-state index contributed by atoms with van der Waals surface area (Å²) in [5.74, 6) is 1.28. The smallest absolute Gasteiger partial charge is 0.409 e. The van der Waals surface area contributed by atoms with Crippen molar-refractivity contribution in [1.29, 1.82) is 0 Å². The molecule has 26 heavy (non-hydrogen) atoms. The van der Waals surface area contributed by atoms with Gasteiger partial charge in [0, 0.05) is 38.8 Å². The molecule has 3 rings (SSSR count). The van der Waals surface area contributed by atoms with Gasteiger partial charge in [0.2, 0.25) is 0 Å². The van der Waals surface area contributed by atoms with Crippen molar-refractivity contribution in [2.45, 2.75) is 32.7 Å². The molecule has 142 valence electrons. The van der Waals surface area contributed by atoms with Crippen LogP contribution in [0.3, 0.4) is 0 Å². The molecule has 8 heteroatoms. The van der Waals surface area contributed by atoms with Gasteiger partial charge in [0.15, 0.2) is 0 Å². The Balaban J connectivity index is 1.50. The molecule has 8 nitrogen and oxygen atoms in total. The fourth-order valence-electron chi connectivity index (χ4n) is 3.35. The van der Waals surface area contributed by atoms with Crippen LogP contribution >= 0.6 is 0 Å². The van der Waals surface area contributed by atoms with Crippen molar-refractivity contribution >= 4 is 17.9 Å². The maximum Gasteiger partial charge on any atom is 0.409 e. The van der Waals surface area contributed by atoms with Gasteiger partial charge in [-0.2, -0.15) is 5.10 Å². The van der Waals surface area contributed by atoms with Crippen LogP contribution in [-0.4, -0.2) is 64.5 Å². The van der Waals surface area contributed by atoms with E-state index < -0.39 is 0 Å². The summed E-state index contributed by atoms with van der Waals surface area (Å²) in [6.07, 6.45) is 9.16. The number of anilines is 1. The van der Waals surface area contributed by atoms with Crippen LogP contribution in [0.15, 0.2) is 24.4 Å². The predicted molar refractivity (Wildman–Crippen MR) is 97.9 cm³/mol. The van der Waals surface area contributed by atoms with Crippen LogP contribution in [0.1, 0.15) is 26.2 Å². The molecule has 0 radical (unpaired) electrons. The number of urea groups is 1. The van der Waals surface area contributed by atoms with Crippen molar-refractivity contribution in [3.05, 3.63) is 24.4 Å². The van der Waals surface area contributed by atoms with Gasteiger partial charge in [0.25, 0.3) is 0 Å². The van der Waals surface area contributed by atoms with Gasteiger partial charge in [-0.15, -0.1) is 0 Å². The number of ether oxygens (including phenoxy) is 1. The standard InChI is InChI=1S/C18H27N5O3/c1-2-26-18(25)22-12-10-21(11-13-22)17(24)20-16-8-9-19-23(16)14-15-6-4-3-5-7-15/h3-4,8-9,15H,2,5-7,10-14H2,1H3,(H,20,24)/t15-/m0/s1. The van der Waals surface area contributed by atoms with E-state index in [0.717, 1.165) is 31.6 Å². The molecule has 2 heterocycles. The Labute approximate surface area is 153 Å². The summed E-state index contributed by atoms with van der Waals surface area (Å²) in [7, 11) is 0. The molecule has 2 aliphatic rings. The fraction of sp³-hybridized carbons (Fsp3) is 0.611. The maximum atomic E-state index is 12.5. The maximum absolute atomic E-state index is 12.5. The highest BCUT2D eigenvalue weighted by molar-refractivity contribution is 5.88. The molecular weight excluding hydrogens is 334 g/mol. The largest absolute Gasteiger partial charge is 0.450 e. The average Bonchev–Trinajstić information content (AvgIpc) is 3.09. The summed E-state index contributed by atoms with van der Waals surface area (Å²) in [6.45, 7) is 4.91. The summed E-state index contributed by atoms with van der Waals surface area (Å²) < 4.78 is 6.87. The number of amides is 3. The van der Waals surface area contributed by atoms with E-state index in [9.17, 15) is 9.59 Å². The Bertz CT molecular complexity index is 649. The number of nitrogens with one attached hydrogen (secondary N) is 1. The minimum atomic E-state index is -0.313. The van der Waals surface area contributed by atoms with E-state index in [1.165, 1.54) is 0 Å². The van der Waals surface area contributed by atoms with E-state index in [-0.39, 0.29) is 12.1 Å². The zero-order valence-electron chi connectivity index (χ0n) is 15.3. The first-order valence-electron chi connectivity index (χ1n) is 9.31. The van der Waals surface area contributed by atoms with Crippen molar-refractivity contribution < 1.29 is 14.3 Å². The number of rotatable bonds is 4. The second kappa shape index (κ2) is 8.73. The molecular formula is C18H27N5O3. The Kier molecular flexibility index (Phi) is 6.14. The van der Waals surface area contributed by atoms with E-state index in [2.05, 4.69) is 22.6 Å². The molecule has 1 aromatic rings. The molecule has 1 saturated heterocycles. The number of nitrogens with zero attached hydrogens (tertiary/aromatic N) is 4. The van der Waals surface area contributed by atoms with Crippen LogP contribution in [0.2, 0.25) is 0 Å². The Morgan fingerprint density at radius 1 is 1.23 bits per heavy atom. The van der Waals surface area contributed by atoms with Crippen molar-refractivity contribution in [1.82, 2.24) is 19.6 Å². The van der Waals surface area contributed by atoms with Crippen LogP contribution in [0.5, 0.6) is 0 Å². The van der Waals surface area contributed by atoms with Crippen LogP contribution in [0.25, 0.3) is 0 Å². The molecule has 1 aliphatic heterocycles. The summed E-state index contributed by atoms with van der Waals surface area (Å²) in [5, 5.41) is 7.31. The van der Waals surface area contributed by atoms with Crippen molar-refractivity contribution in [2.75, 3.05) is 38.1 Å². The summed E-state index contributed by atoms with van der Waals surface area (Å²) in [6, 6.07) is 1.67. The first-order chi connectivity index (χ1) is 12.7. The molecule has 1 aliphatic carbocycles. The second-order valence-corrected chi connectivity index (χ2v) is 6.65. The zero-order chi connectivity index (χ0) is 18.4. The third-order valence-electron chi connectivity index (χ3n) is 4.85. The average molecular weight is 361 g/mol. The molecule has 0 spiro atoms. The minimum absolute atomic E-state index is 0.154. The van der Waals surface area contributed by atoms with Crippen LogP contribution in [-0.2, 0) is 11.3 Å². The van der Waals surface area contributed by atoms with Gasteiger partial charge in [0.1, 0.15) is 5.82 Å². The quantitative estimate of drug-likeness (QED) is 0.836. The Hall–Kier alpha value is -2.51. The van der Waals surface area contributed by atoms with Crippen LogP contribution in [0.4, 0.5) is 15.4 Å². The number of hydrogen-bond donors (Lipinski definition) is 1. The molecule has 0 saturated carbocycles. The van der Waals surface area contributed by atoms with E-state index in [1.807, 2.05) is 10.7 Å². The van der Waals surface area contributed by atoms with Gasteiger partial charge in [-0.25, -0.2) is 14.3 Å². The highest BCUT2D eigenvalue weighted by Gasteiger charge is 2.25. The highest BCUT2D eigenvalue weighted by Crippen LogP contribution is 2.21. The van der Waals surface area contributed by atoms with E-state index >= 15 is 0 Å². The van der Waals surface area contributed by atoms with E-state index in [1.54, 1.807) is 22.9 Å². The van der Waals surface area contributed by atoms with Crippen LogP contribution < -0.4 is 5.32 Å². The predicted octanol–water partition coefficient (Wildman–Crippen LogP) is 2.55. The number of piperazine rings is 1.